The normalized spacial score (nSPS) is 26.9. The first-order chi connectivity index (χ1) is 8.87. The summed E-state index contributed by atoms with van der Waals surface area (Å²) in [6.45, 7) is 6.19. The number of ether oxygens (including phenoxy) is 1. The molecule has 2 rings (SSSR count). The Morgan fingerprint density at radius 2 is 2.21 bits per heavy atom. The summed E-state index contributed by atoms with van der Waals surface area (Å²) in [6, 6.07) is -0.299. The predicted molar refractivity (Wildman–Crippen MR) is 71.6 cm³/mol. The van der Waals surface area contributed by atoms with Gasteiger partial charge in [0, 0.05) is 12.6 Å². The largest absolute Gasteiger partial charge is 0.444 e. The van der Waals surface area contributed by atoms with E-state index in [9.17, 15) is 9.59 Å². The van der Waals surface area contributed by atoms with Crippen LogP contribution >= 0.6 is 0 Å². The maximum atomic E-state index is 12.3. The van der Waals surface area contributed by atoms with Gasteiger partial charge in [-0.1, -0.05) is 12.2 Å². The summed E-state index contributed by atoms with van der Waals surface area (Å²) < 4.78 is 5.19. The smallest absolute Gasteiger partial charge is 0.408 e. The summed E-state index contributed by atoms with van der Waals surface area (Å²) >= 11 is 0. The second-order valence-corrected chi connectivity index (χ2v) is 6.12. The molecule has 1 saturated heterocycles. The van der Waals surface area contributed by atoms with Crippen molar-refractivity contribution in [3.63, 3.8) is 0 Å². The highest BCUT2D eigenvalue weighted by Crippen LogP contribution is 2.24. The molecular formula is C14H22N2O3. The Morgan fingerprint density at radius 3 is 2.89 bits per heavy atom. The molecule has 2 aliphatic rings. The standard InChI is InChI=1S/C14H22N2O3/c1-14(2,3)19-13(18)15-11-8-4-6-10-7-5-9-16(10)12(11)17/h4,8,10-11H,5-7,9H2,1-3H3,(H,15,18)/t10-,11-/m0/s1. The zero-order valence-corrected chi connectivity index (χ0v) is 11.8. The minimum Gasteiger partial charge on any atom is -0.444 e. The number of carbonyl (C=O) groups excluding carboxylic acids is 2. The molecule has 0 aromatic heterocycles. The highest BCUT2D eigenvalue weighted by atomic mass is 16.6. The number of fused-ring (bicyclic) bond motifs is 1. The van der Waals surface area contributed by atoms with Crippen molar-refractivity contribution in [2.45, 2.75) is 57.7 Å². The minimum absolute atomic E-state index is 0.0258. The lowest BCUT2D eigenvalue weighted by Crippen LogP contribution is -2.49. The van der Waals surface area contributed by atoms with Gasteiger partial charge < -0.3 is 15.0 Å². The number of hydrogen-bond donors (Lipinski definition) is 1. The Morgan fingerprint density at radius 1 is 1.47 bits per heavy atom. The van der Waals surface area contributed by atoms with Crippen molar-refractivity contribution in [1.82, 2.24) is 10.2 Å². The molecule has 2 atom stereocenters. The van der Waals surface area contributed by atoms with Gasteiger partial charge in [0.1, 0.15) is 11.6 Å². The molecule has 0 spiro atoms. The van der Waals surface area contributed by atoms with Crippen LogP contribution in [-0.2, 0) is 9.53 Å². The van der Waals surface area contributed by atoms with Crippen molar-refractivity contribution in [2.24, 2.45) is 0 Å². The summed E-state index contributed by atoms with van der Waals surface area (Å²) in [5.74, 6) is -0.0258. The van der Waals surface area contributed by atoms with Gasteiger partial charge in [-0.25, -0.2) is 4.79 Å². The van der Waals surface area contributed by atoms with Gasteiger partial charge in [-0.05, 0) is 40.0 Å². The van der Waals surface area contributed by atoms with Crippen molar-refractivity contribution in [1.29, 1.82) is 0 Å². The first kappa shape index (κ1) is 13.9. The molecule has 0 aromatic carbocycles. The molecule has 0 unspecified atom stereocenters. The topological polar surface area (TPSA) is 58.6 Å². The lowest BCUT2D eigenvalue weighted by molar-refractivity contribution is -0.132. The van der Waals surface area contributed by atoms with Crippen LogP contribution in [0.4, 0.5) is 4.79 Å². The van der Waals surface area contributed by atoms with Crippen LogP contribution in [0, 0.1) is 0 Å². The Hall–Kier alpha value is -1.52. The molecule has 5 heteroatoms. The van der Waals surface area contributed by atoms with E-state index in [1.807, 2.05) is 11.0 Å². The second-order valence-electron chi connectivity index (χ2n) is 6.12. The van der Waals surface area contributed by atoms with Crippen LogP contribution in [0.25, 0.3) is 0 Å². The van der Waals surface area contributed by atoms with Crippen LogP contribution in [0.2, 0.25) is 0 Å². The number of amides is 2. The Bertz CT molecular complexity index is 398. The number of carbonyl (C=O) groups is 2. The van der Waals surface area contributed by atoms with E-state index in [2.05, 4.69) is 5.32 Å². The highest BCUT2D eigenvalue weighted by molar-refractivity contribution is 5.88. The lowest BCUT2D eigenvalue weighted by Gasteiger charge is -2.26. The van der Waals surface area contributed by atoms with Gasteiger partial charge in [0.15, 0.2) is 0 Å². The van der Waals surface area contributed by atoms with E-state index in [1.54, 1.807) is 26.8 Å². The third-order valence-corrected chi connectivity index (χ3v) is 3.34. The molecule has 0 aliphatic carbocycles. The first-order valence-electron chi connectivity index (χ1n) is 6.83. The molecule has 0 saturated carbocycles. The number of nitrogens with one attached hydrogen (secondary N) is 1. The summed E-state index contributed by atoms with van der Waals surface area (Å²) in [7, 11) is 0. The molecule has 106 valence electrons. The Labute approximate surface area is 114 Å². The van der Waals surface area contributed by atoms with Gasteiger partial charge in [0.2, 0.25) is 5.91 Å². The lowest BCUT2D eigenvalue weighted by atomic mass is 10.1. The SMILES string of the molecule is CC(C)(C)OC(=O)N[C@H]1C=CC[C@H]2CCCN2C1=O. The van der Waals surface area contributed by atoms with Gasteiger partial charge in [0.25, 0.3) is 0 Å². The van der Waals surface area contributed by atoms with Gasteiger partial charge in [-0.2, -0.15) is 0 Å². The van der Waals surface area contributed by atoms with Crippen LogP contribution in [0.5, 0.6) is 0 Å². The number of alkyl carbamates (subject to hydrolysis) is 1. The molecule has 2 amide bonds. The van der Waals surface area contributed by atoms with Gasteiger partial charge >= 0.3 is 6.09 Å². The molecule has 1 N–H and O–H groups in total. The fourth-order valence-electron chi connectivity index (χ4n) is 2.55. The molecule has 2 heterocycles. The molecule has 0 bridgehead atoms. The maximum Gasteiger partial charge on any atom is 0.408 e. The van der Waals surface area contributed by atoms with Gasteiger partial charge in [-0.3, -0.25) is 4.79 Å². The summed E-state index contributed by atoms with van der Waals surface area (Å²) in [5.41, 5.74) is -0.558. The van der Waals surface area contributed by atoms with Crippen molar-refractivity contribution < 1.29 is 14.3 Å². The highest BCUT2D eigenvalue weighted by Gasteiger charge is 2.34. The second kappa shape index (κ2) is 5.23. The average Bonchev–Trinajstić information content (AvgIpc) is 2.67. The molecule has 0 radical (unpaired) electrons. The summed E-state index contributed by atoms with van der Waals surface area (Å²) in [6.07, 6.45) is 6.17. The maximum absolute atomic E-state index is 12.3. The minimum atomic E-state index is -0.599. The van der Waals surface area contributed by atoms with Gasteiger partial charge in [-0.15, -0.1) is 0 Å². The van der Waals surface area contributed by atoms with E-state index in [1.165, 1.54) is 0 Å². The van der Waals surface area contributed by atoms with Crippen molar-refractivity contribution in [2.75, 3.05) is 6.54 Å². The van der Waals surface area contributed by atoms with Crippen LogP contribution in [0.15, 0.2) is 12.2 Å². The average molecular weight is 266 g/mol. The van der Waals surface area contributed by atoms with Crippen molar-refractivity contribution >= 4 is 12.0 Å². The Kier molecular flexibility index (Phi) is 3.83. The zero-order chi connectivity index (χ0) is 14.0. The predicted octanol–water partition coefficient (Wildman–Crippen LogP) is 1.83. The molecule has 1 fully saturated rings. The fraction of sp³-hybridized carbons (Fsp3) is 0.714. The van der Waals surface area contributed by atoms with Crippen molar-refractivity contribution in [3.8, 4) is 0 Å². The van der Waals surface area contributed by atoms with Crippen LogP contribution in [0.1, 0.15) is 40.0 Å². The first-order valence-corrected chi connectivity index (χ1v) is 6.83. The summed E-state index contributed by atoms with van der Waals surface area (Å²) in [4.78, 5) is 25.9. The molecule has 2 aliphatic heterocycles. The monoisotopic (exact) mass is 266 g/mol. The molecule has 19 heavy (non-hydrogen) atoms. The quantitative estimate of drug-likeness (QED) is 0.737. The fourth-order valence-corrected chi connectivity index (χ4v) is 2.55. The van der Waals surface area contributed by atoms with Crippen LogP contribution in [0.3, 0.4) is 0 Å². The van der Waals surface area contributed by atoms with Gasteiger partial charge in [0.05, 0.1) is 0 Å². The zero-order valence-electron chi connectivity index (χ0n) is 11.8. The van der Waals surface area contributed by atoms with Crippen molar-refractivity contribution in [3.05, 3.63) is 12.2 Å². The molecule has 5 nitrogen and oxygen atoms in total. The third-order valence-electron chi connectivity index (χ3n) is 3.34. The number of hydrogen-bond acceptors (Lipinski definition) is 3. The van der Waals surface area contributed by atoms with E-state index in [-0.39, 0.29) is 5.91 Å². The van der Waals surface area contributed by atoms with Crippen LogP contribution < -0.4 is 5.32 Å². The molecular weight excluding hydrogens is 244 g/mol. The van der Waals surface area contributed by atoms with E-state index in [0.717, 1.165) is 25.8 Å². The molecule has 0 aromatic rings. The van der Waals surface area contributed by atoms with Crippen LogP contribution in [-0.4, -0.2) is 41.1 Å². The number of nitrogens with zero attached hydrogens (tertiary/aromatic N) is 1. The van der Waals surface area contributed by atoms with E-state index < -0.39 is 17.7 Å². The van der Waals surface area contributed by atoms with E-state index in [4.69, 9.17) is 4.74 Å². The Balaban J connectivity index is 1.99. The summed E-state index contributed by atoms with van der Waals surface area (Å²) in [5, 5.41) is 2.64. The third kappa shape index (κ3) is 3.49. The van der Waals surface area contributed by atoms with E-state index in [0.29, 0.717) is 6.04 Å². The number of rotatable bonds is 1. The van der Waals surface area contributed by atoms with E-state index >= 15 is 0 Å².